The van der Waals surface area contributed by atoms with Crippen LogP contribution in [0.25, 0.3) is 0 Å². The molecule has 4 rings (SSSR count). The number of nitrogens with zero attached hydrogens (tertiary/aromatic N) is 3. The van der Waals surface area contributed by atoms with Crippen LogP contribution in [-0.4, -0.2) is 95.2 Å². The number of piperidine rings is 1. The second-order valence-electron chi connectivity index (χ2n) is 16.0. The first-order valence-corrected chi connectivity index (χ1v) is 21.3. The Hall–Kier alpha value is -4.24. The van der Waals surface area contributed by atoms with Crippen LogP contribution >= 0.6 is 11.3 Å². The van der Waals surface area contributed by atoms with Gasteiger partial charge in [-0.3, -0.25) is 24.1 Å². The highest BCUT2D eigenvalue weighted by molar-refractivity contribution is 7.09. The molecule has 318 valence electrons. The number of methoxy groups -OCH3 is 1. The number of likely N-dealkylation sites (tertiary alicyclic amines) is 1. The SMILES string of the molecule is CC[C@H](C)[C@H](NC(=O)[C@H]1CCCCN1C)C(=O)N(Cc1ccccc1)[C@H](C[C@@H](OCOC)c1nc(C(=O)N[C@@H](Cc2ccc(F)cc2)C[C@H](C)C(=O)O)cs1)C(C)C. The van der Waals surface area contributed by atoms with Crippen LogP contribution in [0.5, 0.6) is 0 Å². The van der Waals surface area contributed by atoms with Gasteiger partial charge in [-0.25, -0.2) is 9.37 Å². The molecule has 2 heterocycles. The summed E-state index contributed by atoms with van der Waals surface area (Å²) in [6.45, 7) is 10.8. The van der Waals surface area contributed by atoms with E-state index in [1.54, 1.807) is 24.4 Å². The molecule has 1 fully saturated rings. The lowest BCUT2D eigenvalue weighted by molar-refractivity contribution is -0.144. The molecule has 0 radical (unpaired) electrons. The summed E-state index contributed by atoms with van der Waals surface area (Å²) in [5.74, 6) is -3.07. The van der Waals surface area contributed by atoms with E-state index in [2.05, 4.69) is 29.4 Å². The Bertz CT molecular complexity index is 1760. The summed E-state index contributed by atoms with van der Waals surface area (Å²) in [6.07, 6.45) is 3.55. The Morgan fingerprint density at radius 3 is 2.33 bits per heavy atom. The van der Waals surface area contributed by atoms with Crippen LogP contribution < -0.4 is 10.6 Å². The first-order valence-electron chi connectivity index (χ1n) is 20.4. The molecule has 0 spiro atoms. The number of nitrogens with one attached hydrogen (secondary N) is 2. The molecule has 3 amide bonds. The van der Waals surface area contributed by atoms with Gasteiger partial charge < -0.3 is 30.1 Å². The number of hydrogen-bond donors (Lipinski definition) is 3. The van der Waals surface area contributed by atoms with Crippen molar-refractivity contribution in [1.29, 1.82) is 0 Å². The van der Waals surface area contributed by atoms with Crippen LogP contribution in [0, 0.1) is 23.6 Å². The number of rotatable bonds is 22. The van der Waals surface area contributed by atoms with Crippen molar-refractivity contribution >= 4 is 35.0 Å². The third-order valence-electron chi connectivity index (χ3n) is 11.2. The number of carbonyl (C=O) groups is 4. The van der Waals surface area contributed by atoms with Gasteiger partial charge in [-0.2, -0.15) is 0 Å². The molecular formula is C44H62FN5O7S. The molecule has 0 unspecified atom stereocenters. The summed E-state index contributed by atoms with van der Waals surface area (Å²) in [5, 5.41) is 17.9. The second kappa shape index (κ2) is 22.8. The number of ether oxygens (including phenoxy) is 2. The zero-order chi connectivity index (χ0) is 42.4. The molecule has 1 aliphatic rings. The van der Waals surface area contributed by atoms with Gasteiger partial charge in [0.2, 0.25) is 11.8 Å². The predicted molar refractivity (Wildman–Crippen MR) is 222 cm³/mol. The van der Waals surface area contributed by atoms with Crippen LogP contribution in [0.15, 0.2) is 60.0 Å². The van der Waals surface area contributed by atoms with E-state index in [0.717, 1.165) is 36.9 Å². The van der Waals surface area contributed by atoms with Crippen molar-refractivity contribution in [2.75, 3.05) is 27.5 Å². The molecule has 1 aromatic heterocycles. The minimum Gasteiger partial charge on any atom is -0.481 e. The van der Waals surface area contributed by atoms with Gasteiger partial charge in [0, 0.05) is 37.5 Å². The van der Waals surface area contributed by atoms with Crippen LogP contribution in [0.4, 0.5) is 4.39 Å². The number of hydrogen-bond acceptors (Lipinski definition) is 9. The maximum atomic E-state index is 15.0. The summed E-state index contributed by atoms with van der Waals surface area (Å²) in [5.41, 5.74) is 1.84. The molecule has 0 saturated carbocycles. The smallest absolute Gasteiger partial charge is 0.306 e. The molecule has 2 aromatic carbocycles. The lowest BCUT2D eigenvalue weighted by Gasteiger charge is -2.40. The molecule has 1 saturated heterocycles. The van der Waals surface area contributed by atoms with E-state index in [4.69, 9.17) is 14.5 Å². The highest BCUT2D eigenvalue weighted by Crippen LogP contribution is 2.32. The Morgan fingerprint density at radius 1 is 1.00 bits per heavy atom. The third kappa shape index (κ3) is 13.4. The number of thiazole rings is 1. The van der Waals surface area contributed by atoms with Crippen LogP contribution in [0.1, 0.15) is 106 Å². The van der Waals surface area contributed by atoms with E-state index in [-0.39, 0.29) is 60.5 Å². The standard InChI is InChI=1S/C44H62FN5O7S/c1-8-29(4)39(48-41(52)36-16-12-13-21-49(36)6)43(53)50(25-32-14-10-9-11-15-32)37(28(2)3)24-38(57-27-56-7)42-47-35(26-58-42)40(51)46-34(22-30(5)44(54)55)23-31-17-19-33(45)20-18-31/h9-11,14-15,17-20,26,28-30,34,36-39H,8,12-13,16,21-25,27H2,1-7H3,(H,46,51)(H,48,52)(H,54,55)/t29-,30-,34+,36+,37+,38+,39-/m0/s1. The summed E-state index contributed by atoms with van der Waals surface area (Å²) in [4.78, 5) is 62.9. The Morgan fingerprint density at radius 2 is 1.71 bits per heavy atom. The molecule has 3 aromatic rings. The first-order chi connectivity index (χ1) is 27.7. The fourth-order valence-electron chi connectivity index (χ4n) is 7.45. The highest BCUT2D eigenvalue weighted by Gasteiger charge is 2.38. The van der Waals surface area contributed by atoms with Crippen molar-refractivity contribution in [3.63, 3.8) is 0 Å². The second-order valence-corrected chi connectivity index (χ2v) is 16.9. The Balaban J connectivity index is 1.63. The largest absolute Gasteiger partial charge is 0.481 e. The Labute approximate surface area is 346 Å². The molecule has 0 aliphatic carbocycles. The number of carbonyl (C=O) groups excluding carboxylic acids is 3. The summed E-state index contributed by atoms with van der Waals surface area (Å²) >= 11 is 1.25. The minimum absolute atomic E-state index is 0.0507. The van der Waals surface area contributed by atoms with Crippen molar-refractivity contribution in [2.45, 2.75) is 116 Å². The number of aromatic nitrogens is 1. The maximum Gasteiger partial charge on any atom is 0.306 e. The van der Waals surface area contributed by atoms with Crippen LogP contribution in [0.2, 0.25) is 0 Å². The first kappa shape index (κ1) is 46.4. The van der Waals surface area contributed by atoms with Crippen LogP contribution in [-0.2, 0) is 36.8 Å². The summed E-state index contributed by atoms with van der Waals surface area (Å²) in [7, 11) is 3.48. The quantitative estimate of drug-likeness (QED) is 0.0925. The molecule has 3 N–H and O–H groups in total. The lowest BCUT2D eigenvalue weighted by atomic mass is 9.91. The van der Waals surface area contributed by atoms with Crippen LogP contribution in [0.3, 0.4) is 0 Å². The molecule has 1 aliphatic heterocycles. The average Bonchev–Trinajstić information content (AvgIpc) is 3.70. The van der Waals surface area contributed by atoms with Gasteiger partial charge in [0.15, 0.2) is 0 Å². The molecule has 12 nitrogen and oxygen atoms in total. The predicted octanol–water partition coefficient (Wildman–Crippen LogP) is 6.85. The molecule has 0 bridgehead atoms. The van der Waals surface area contributed by atoms with Gasteiger partial charge in [-0.05, 0) is 74.4 Å². The number of halogens is 1. The van der Waals surface area contributed by atoms with Gasteiger partial charge in [0.1, 0.15) is 35.5 Å². The number of likely N-dealkylation sites (N-methyl/N-ethyl adjacent to an activating group) is 1. The number of carboxylic acids is 1. The fraction of sp³-hybridized carbons (Fsp3) is 0.568. The number of benzene rings is 2. The fourth-order valence-corrected chi connectivity index (χ4v) is 8.31. The van der Waals surface area contributed by atoms with Gasteiger partial charge in [0.05, 0.1) is 12.0 Å². The van der Waals surface area contributed by atoms with E-state index in [9.17, 15) is 28.7 Å². The third-order valence-corrected chi connectivity index (χ3v) is 12.1. The minimum atomic E-state index is -0.985. The monoisotopic (exact) mass is 823 g/mol. The zero-order valence-corrected chi connectivity index (χ0v) is 35.8. The normalized spacial score (nSPS) is 17.8. The topological polar surface area (TPSA) is 150 Å². The molecular weight excluding hydrogens is 762 g/mol. The van der Waals surface area contributed by atoms with E-state index in [1.807, 2.05) is 56.1 Å². The van der Waals surface area contributed by atoms with Gasteiger partial charge in [0.25, 0.3) is 5.91 Å². The zero-order valence-electron chi connectivity index (χ0n) is 35.0. The lowest BCUT2D eigenvalue weighted by Crippen LogP contribution is -2.58. The highest BCUT2D eigenvalue weighted by atomic mass is 32.1. The number of aliphatic carboxylic acids is 1. The van der Waals surface area contributed by atoms with E-state index in [1.165, 1.54) is 30.6 Å². The average molecular weight is 824 g/mol. The van der Waals surface area contributed by atoms with Crippen molar-refractivity contribution in [3.8, 4) is 0 Å². The van der Waals surface area contributed by atoms with Crippen molar-refractivity contribution in [2.24, 2.45) is 17.8 Å². The van der Waals surface area contributed by atoms with Crippen molar-refractivity contribution < 1.29 is 38.1 Å². The van der Waals surface area contributed by atoms with E-state index >= 15 is 0 Å². The number of amides is 3. The summed E-state index contributed by atoms with van der Waals surface area (Å²) in [6, 6.07) is 13.7. The van der Waals surface area contributed by atoms with Gasteiger partial charge in [-0.1, -0.05) is 89.9 Å². The van der Waals surface area contributed by atoms with Gasteiger partial charge >= 0.3 is 5.97 Å². The number of carboxylic acid groups (broad SMARTS) is 1. The van der Waals surface area contributed by atoms with Crippen molar-refractivity contribution in [3.05, 3.63) is 87.6 Å². The maximum absolute atomic E-state index is 15.0. The van der Waals surface area contributed by atoms with Crippen molar-refractivity contribution in [1.82, 2.24) is 25.4 Å². The molecule has 14 heteroatoms. The Kier molecular flexibility index (Phi) is 18.2. The van der Waals surface area contributed by atoms with E-state index in [0.29, 0.717) is 30.8 Å². The van der Waals surface area contributed by atoms with Gasteiger partial charge in [-0.15, -0.1) is 11.3 Å². The van der Waals surface area contributed by atoms with E-state index < -0.39 is 36.0 Å². The molecule has 58 heavy (non-hydrogen) atoms. The molecule has 7 atom stereocenters. The summed E-state index contributed by atoms with van der Waals surface area (Å²) < 4.78 is 25.2.